The molecule has 1 aromatic carbocycles. The van der Waals surface area contributed by atoms with Crippen LogP contribution in [0.1, 0.15) is 5.56 Å². The van der Waals surface area contributed by atoms with Crippen molar-refractivity contribution >= 4 is 11.6 Å². The van der Waals surface area contributed by atoms with Crippen LogP contribution in [0, 0.1) is 11.3 Å². The quantitative estimate of drug-likeness (QED) is 0.797. The van der Waals surface area contributed by atoms with Gasteiger partial charge >= 0.3 is 6.01 Å². The molecule has 0 unspecified atom stereocenters. The van der Waals surface area contributed by atoms with Gasteiger partial charge in [-0.2, -0.15) is 5.26 Å². The largest absolute Gasteiger partial charge is 0.424 e. The van der Waals surface area contributed by atoms with Gasteiger partial charge in [-0.15, -0.1) is 0 Å². The monoisotopic (exact) mass is 231 g/mol. The minimum absolute atomic E-state index is 0.182. The molecule has 16 heavy (non-hydrogen) atoms. The predicted octanol–water partition coefficient (Wildman–Crippen LogP) is 2.79. The zero-order valence-electron chi connectivity index (χ0n) is 8.09. The highest BCUT2D eigenvalue weighted by molar-refractivity contribution is 6.30. The van der Waals surface area contributed by atoms with Crippen LogP contribution in [0.2, 0.25) is 5.02 Å². The van der Waals surface area contributed by atoms with Gasteiger partial charge in [0.25, 0.3) is 0 Å². The molecule has 0 fully saturated rings. The second-order valence-electron chi connectivity index (χ2n) is 2.93. The molecule has 5 heteroatoms. The fourth-order valence-corrected chi connectivity index (χ4v) is 1.24. The molecule has 0 aliphatic heterocycles. The molecule has 1 aromatic heterocycles. The molecule has 0 bridgehead atoms. The first-order valence-electron chi connectivity index (χ1n) is 4.43. The first-order valence-corrected chi connectivity index (χ1v) is 4.81. The molecule has 1 heterocycles. The molecular weight excluding hydrogens is 226 g/mol. The molecule has 0 saturated heterocycles. The molecule has 78 valence electrons. The summed E-state index contributed by atoms with van der Waals surface area (Å²) in [7, 11) is 0. The minimum Gasteiger partial charge on any atom is -0.424 e. The number of nitrogens with zero attached hydrogens (tertiary/aromatic N) is 3. The summed E-state index contributed by atoms with van der Waals surface area (Å²) in [6.07, 6.45) is 2.79. The summed E-state index contributed by atoms with van der Waals surface area (Å²) in [4.78, 5) is 7.75. The Hall–Kier alpha value is -2.12. The fourth-order valence-electron chi connectivity index (χ4n) is 1.06. The lowest BCUT2D eigenvalue weighted by Crippen LogP contribution is -1.91. The minimum atomic E-state index is 0.182. The molecule has 2 rings (SSSR count). The van der Waals surface area contributed by atoms with Gasteiger partial charge in [0.05, 0.1) is 18.0 Å². The van der Waals surface area contributed by atoms with Crippen LogP contribution in [-0.4, -0.2) is 9.97 Å². The van der Waals surface area contributed by atoms with E-state index >= 15 is 0 Å². The molecular formula is C11H6ClN3O. The first-order chi connectivity index (χ1) is 7.78. The lowest BCUT2D eigenvalue weighted by molar-refractivity contribution is 0.441. The number of nitriles is 1. The van der Waals surface area contributed by atoms with E-state index in [0.29, 0.717) is 16.3 Å². The third-order valence-corrected chi connectivity index (χ3v) is 2.00. The number of ether oxygens (including phenoxy) is 1. The van der Waals surface area contributed by atoms with E-state index in [4.69, 9.17) is 21.6 Å². The van der Waals surface area contributed by atoms with E-state index in [1.807, 2.05) is 6.07 Å². The highest BCUT2D eigenvalue weighted by Crippen LogP contribution is 2.21. The maximum absolute atomic E-state index is 8.57. The Morgan fingerprint density at radius 1 is 1.25 bits per heavy atom. The van der Waals surface area contributed by atoms with Crippen molar-refractivity contribution in [1.29, 1.82) is 5.26 Å². The number of hydrogen-bond donors (Lipinski definition) is 0. The Kier molecular flexibility index (Phi) is 2.99. The van der Waals surface area contributed by atoms with Gasteiger partial charge < -0.3 is 4.74 Å². The van der Waals surface area contributed by atoms with Crippen molar-refractivity contribution in [3.8, 4) is 17.8 Å². The van der Waals surface area contributed by atoms with E-state index in [2.05, 4.69) is 9.97 Å². The highest BCUT2D eigenvalue weighted by atomic mass is 35.5. The van der Waals surface area contributed by atoms with Gasteiger partial charge in [-0.05, 0) is 18.2 Å². The van der Waals surface area contributed by atoms with Gasteiger partial charge in [0, 0.05) is 5.02 Å². The molecule has 4 nitrogen and oxygen atoms in total. The predicted molar refractivity (Wildman–Crippen MR) is 58.3 cm³/mol. The second-order valence-corrected chi connectivity index (χ2v) is 3.36. The maximum Gasteiger partial charge on any atom is 0.321 e. The average molecular weight is 232 g/mol. The molecule has 0 spiro atoms. The third kappa shape index (κ3) is 2.47. The van der Waals surface area contributed by atoms with Crippen LogP contribution >= 0.6 is 11.6 Å². The topological polar surface area (TPSA) is 58.8 Å². The Bertz CT molecular complexity index is 534. The third-order valence-electron chi connectivity index (χ3n) is 1.76. The van der Waals surface area contributed by atoms with Crippen molar-refractivity contribution in [3.63, 3.8) is 0 Å². The molecule has 0 aliphatic carbocycles. The lowest BCUT2D eigenvalue weighted by atomic mass is 10.3. The molecule has 0 amide bonds. The zero-order valence-corrected chi connectivity index (χ0v) is 8.85. The van der Waals surface area contributed by atoms with Crippen LogP contribution < -0.4 is 4.74 Å². The average Bonchev–Trinajstić information content (AvgIpc) is 2.30. The number of aromatic nitrogens is 2. The van der Waals surface area contributed by atoms with E-state index in [-0.39, 0.29) is 6.01 Å². The molecule has 0 radical (unpaired) electrons. The lowest BCUT2D eigenvalue weighted by Gasteiger charge is -2.02. The Morgan fingerprint density at radius 3 is 2.62 bits per heavy atom. The van der Waals surface area contributed by atoms with Gasteiger partial charge in [-0.25, -0.2) is 9.97 Å². The van der Waals surface area contributed by atoms with Crippen LogP contribution in [0.15, 0.2) is 36.7 Å². The van der Waals surface area contributed by atoms with Crippen molar-refractivity contribution in [3.05, 3.63) is 47.2 Å². The van der Waals surface area contributed by atoms with E-state index in [1.54, 1.807) is 24.3 Å². The molecule has 0 aliphatic rings. The number of halogens is 1. The van der Waals surface area contributed by atoms with Crippen LogP contribution in [0.25, 0.3) is 0 Å². The van der Waals surface area contributed by atoms with Gasteiger partial charge in [0.1, 0.15) is 11.8 Å². The number of rotatable bonds is 2. The summed E-state index contributed by atoms with van der Waals surface area (Å²) in [5.41, 5.74) is 0.387. The van der Waals surface area contributed by atoms with Gasteiger partial charge in [-0.3, -0.25) is 0 Å². The summed E-state index contributed by atoms with van der Waals surface area (Å²) < 4.78 is 5.34. The molecule has 2 aromatic rings. The van der Waals surface area contributed by atoms with Gasteiger partial charge in [0.2, 0.25) is 0 Å². The Morgan fingerprint density at radius 2 is 2.00 bits per heavy atom. The van der Waals surface area contributed by atoms with Crippen LogP contribution in [0.5, 0.6) is 11.8 Å². The van der Waals surface area contributed by atoms with E-state index < -0.39 is 0 Å². The van der Waals surface area contributed by atoms with Crippen molar-refractivity contribution in [2.24, 2.45) is 0 Å². The van der Waals surface area contributed by atoms with Crippen LogP contribution in [0.4, 0.5) is 0 Å². The molecule has 0 saturated carbocycles. The first kappa shape index (κ1) is 10.4. The maximum atomic E-state index is 8.57. The van der Waals surface area contributed by atoms with E-state index in [0.717, 1.165) is 0 Å². The van der Waals surface area contributed by atoms with Crippen molar-refractivity contribution in [2.45, 2.75) is 0 Å². The summed E-state index contributed by atoms with van der Waals surface area (Å²) in [6.45, 7) is 0. The van der Waals surface area contributed by atoms with Crippen molar-refractivity contribution in [1.82, 2.24) is 9.97 Å². The van der Waals surface area contributed by atoms with E-state index in [9.17, 15) is 0 Å². The molecule has 0 atom stereocenters. The Balaban J connectivity index is 2.18. The SMILES string of the molecule is N#Cc1cnc(Oc2cccc(Cl)c2)nc1. The number of hydrogen-bond acceptors (Lipinski definition) is 4. The summed E-state index contributed by atoms with van der Waals surface area (Å²) in [5, 5.41) is 9.14. The summed E-state index contributed by atoms with van der Waals surface area (Å²) in [6, 6.07) is 9.02. The van der Waals surface area contributed by atoms with E-state index in [1.165, 1.54) is 12.4 Å². The highest BCUT2D eigenvalue weighted by Gasteiger charge is 2.00. The van der Waals surface area contributed by atoms with Gasteiger partial charge in [-0.1, -0.05) is 17.7 Å². The Labute approximate surface area is 97.1 Å². The van der Waals surface area contributed by atoms with Crippen molar-refractivity contribution < 1.29 is 4.74 Å². The smallest absolute Gasteiger partial charge is 0.321 e. The molecule has 0 N–H and O–H groups in total. The number of benzene rings is 1. The standard InChI is InChI=1S/C11H6ClN3O/c12-9-2-1-3-10(4-9)16-11-14-6-8(5-13)7-15-11/h1-4,6-7H. The summed E-state index contributed by atoms with van der Waals surface area (Å²) >= 11 is 5.79. The zero-order chi connectivity index (χ0) is 11.4. The van der Waals surface area contributed by atoms with Gasteiger partial charge in [0.15, 0.2) is 0 Å². The second kappa shape index (κ2) is 4.60. The summed E-state index contributed by atoms with van der Waals surface area (Å²) in [5.74, 6) is 0.553. The van der Waals surface area contributed by atoms with Crippen LogP contribution in [0.3, 0.4) is 0 Å². The van der Waals surface area contributed by atoms with Crippen LogP contribution in [-0.2, 0) is 0 Å². The fraction of sp³-hybridized carbons (Fsp3) is 0. The van der Waals surface area contributed by atoms with Crippen molar-refractivity contribution in [2.75, 3.05) is 0 Å². The normalized spacial score (nSPS) is 9.50.